The van der Waals surface area contributed by atoms with E-state index in [1.165, 1.54) is 11.1 Å². The number of anilines is 1. The fourth-order valence-corrected chi connectivity index (χ4v) is 2.88. The Balaban J connectivity index is 1.96. The van der Waals surface area contributed by atoms with Gasteiger partial charge < -0.3 is 10.0 Å². The highest BCUT2D eigenvalue weighted by Crippen LogP contribution is 2.28. The van der Waals surface area contributed by atoms with Gasteiger partial charge in [-0.25, -0.2) is 4.98 Å². The number of hydrogen-bond acceptors (Lipinski definition) is 3. The summed E-state index contributed by atoms with van der Waals surface area (Å²) >= 11 is 0. The maximum Gasteiger partial charge on any atom is 0.134 e. The topological polar surface area (TPSA) is 36.4 Å². The van der Waals surface area contributed by atoms with E-state index in [2.05, 4.69) is 34.1 Å². The summed E-state index contributed by atoms with van der Waals surface area (Å²) in [7, 11) is 0. The Bertz CT molecular complexity index is 595. The minimum absolute atomic E-state index is 0.489. The van der Waals surface area contributed by atoms with Crippen LogP contribution in [0.4, 0.5) is 5.82 Å². The van der Waals surface area contributed by atoms with E-state index in [-0.39, 0.29) is 0 Å². The Morgan fingerprint density at radius 3 is 2.75 bits per heavy atom. The standard InChI is InChI=1S/C17H20N2O/c1-13(20)16-9-4-10-18-17(16)19-11-5-8-14-6-2-3-7-15(14)12-19/h2-4,6-7,9-10,13,20H,5,8,11-12H2,1H3. The van der Waals surface area contributed by atoms with E-state index >= 15 is 0 Å². The maximum atomic E-state index is 9.93. The SMILES string of the molecule is CC(O)c1cccnc1N1CCCc2ccccc2C1. The van der Waals surface area contributed by atoms with Crippen LogP contribution < -0.4 is 4.90 Å². The molecule has 20 heavy (non-hydrogen) atoms. The lowest BCUT2D eigenvalue weighted by molar-refractivity contribution is 0.199. The number of pyridine rings is 1. The quantitative estimate of drug-likeness (QED) is 0.909. The predicted octanol–water partition coefficient (Wildman–Crippen LogP) is 3.09. The predicted molar refractivity (Wildman–Crippen MR) is 80.7 cm³/mol. The van der Waals surface area contributed by atoms with E-state index in [4.69, 9.17) is 0 Å². The van der Waals surface area contributed by atoms with Crippen molar-refractivity contribution in [3.63, 3.8) is 0 Å². The van der Waals surface area contributed by atoms with Crippen LogP contribution >= 0.6 is 0 Å². The molecule has 0 fully saturated rings. The number of aryl methyl sites for hydroxylation is 1. The summed E-state index contributed by atoms with van der Waals surface area (Å²) in [5.74, 6) is 0.916. The van der Waals surface area contributed by atoms with Gasteiger partial charge >= 0.3 is 0 Å². The van der Waals surface area contributed by atoms with Gasteiger partial charge in [0.2, 0.25) is 0 Å². The molecule has 3 nitrogen and oxygen atoms in total. The first-order valence-electron chi connectivity index (χ1n) is 7.20. The summed E-state index contributed by atoms with van der Waals surface area (Å²) < 4.78 is 0. The molecule has 3 heteroatoms. The first-order chi connectivity index (χ1) is 9.75. The number of aliphatic hydroxyl groups is 1. The molecule has 0 saturated carbocycles. The van der Waals surface area contributed by atoms with Gasteiger partial charge in [0.25, 0.3) is 0 Å². The van der Waals surface area contributed by atoms with Gasteiger partial charge in [-0.1, -0.05) is 30.3 Å². The second kappa shape index (κ2) is 5.63. The zero-order valence-electron chi connectivity index (χ0n) is 11.8. The Hall–Kier alpha value is -1.87. The average Bonchev–Trinajstić information content (AvgIpc) is 2.69. The number of aromatic nitrogens is 1. The summed E-state index contributed by atoms with van der Waals surface area (Å²) in [5, 5.41) is 9.93. The van der Waals surface area contributed by atoms with Gasteiger partial charge in [0, 0.05) is 24.8 Å². The van der Waals surface area contributed by atoms with Crippen molar-refractivity contribution in [1.82, 2.24) is 4.98 Å². The highest BCUT2D eigenvalue weighted by molar-refractivity contribution is 5.49. The zero-order valence-corrected chi connectivity index (χ0v) is 11.8. The summed E-state index contributed by atoms with van der Waals surface area (Å²) in [5.41, 5.74) is 3.71. The van der Waals surface area contributed by atoms with E-state index in [0.29, 0.717) is 0 Å². The van der Waals surface area contributed by atoms with Gasteiger partial charge in [-0.05, 0) is 37.0 Å². The number of hydrogen-bond donors (Lipinski definition) is 1. The molecule has 2 aromatic rings. The molecule has 0 amide bonds. The van der Waals surface area contributed by atoms with Gasteiger partial charge in [0.1, 0.15) is 5.82 Å². The molecule has 0 bridgehead atoms. The fraction of sp³-hybridized carbons (Fsp3) is 0.353. The molecule has 1 N–H and O–H groups in total. The van der Waals surface area contributed by atoms with Crippen LogP contribution in [0.3, 0.4) is 0 Å². The molecule has 1 aliphatic rings. The second-order valence-electron chi connectivity index (χ2n) is 5.39. The lowest BCUT2D eigenvalue weighted by Crippen LogP contribution is -2.25. The second-order valence-corrected chi connectivity index (χ2v) is 5.39. The lowest BCUT2D eigenvalue weighted by atomic mass is 10.0. The Kier molecular flexibility index (Phi) is 3.70. The van der Waals surface area contributed by atoms with Crippen molar-refractivity contribution in [2.75, 3.05) is 11.4 Å². The minimum atomic E-state index is -0.489. The third kappa shape index (κ3) is 2.54. The molecule has 0 radical (unpaired) electrons. The molecule has 1 unspecified atom stereocenters. The monoisotopic (exact) mass is 268 g/mol. The number of fused-ring (bicyclic) bond motifs is 1. The molecule has 1 atom stereocenters. The van der Waals surface area contributed by atoms with Crippen molar-refractivity contribution in [3.8, 4) is 0 Å². The highest BCUT2D eigenvalue weighted by atomic mass is 16.3. The van der Waals surface area contributed by atoms with Crippen LogP contribution in [0.5, 0.6) is 0 Å². The summed E-state index contributed by atoms with van der Waals surface area (Å²) in [6, 6.07) is 12.5. The molecule has 0 aliphatic carbocycles. The number of aliphatic hydroxyl groups excluding tert-OH is 1. The first-order valence-corrected chi connectivity index (χ1v) is 7.20. The molecule has 0 saturated heterocycles. The summed E-state index contributed by atoms with van der Waals surface area (Å²) in [4.78, 5) is 6.79. The van der Waals surface area contributed by atoms with Crippen molar-refractivity contribution < 1.29 is 5.11 Å². The molecule has 1 aromatic carbocycles. The molecular weight excluding hydrogens is 248 g/mol. The molecular formula is C17H20N2O. The summed E-state index contributed by atoms with van der Waals surface area (Å²) in [6.07, 6.45) is 3.55. The van der Waals surface area contributed by atoms with E-state index in [1.807, 2.05) is 12.1 Å². The van der Waals surface area contributed by atoms with E-state index in [1.54, 1.807) is 13.1 Å². The molecule has 2 heterocycles. The molecule has 104 valence electrons. The van der Waals surface area contributed by atoms with Gasteiger partial charge in [0.15, 0.2) is 0 Å². The van der Waals surface area contributed by atoms with Crippen LogP contribution in [0.15, 0.2) is 42.6 Å². The molecule has 1 aromatic heterocycles. The molecule has 3 rings (SSSR count). The van der Waals surface area contributed by atoms with Crippen LogP contribution in [-0.4, -0.2) is 16.6 Å². The van der Waals surface area contributed by atoms with Crippen LogP contribution in [0.1, 0.15) is 36.1 Å². The smallest absolute Gasteiger partial charge is 0.134 e. The molecule has 0 spiro atoms. The van der Waals surface area contributed by atoms with Gasteiger partial charge in [0.05, 0.1) is 6.10 Å². The maximum absolute atomic E-state index is 9.93. The van der Waals surface area contributed by atoms with E-state index in [9.17, 15) is 5.11 Å². The summed E-state index contributed by atoms with van der Waals surface area (Å²) in [6.45, 7) is 3.64. The van der Waals surface area contributed by atoms with Crippen molar-refractivity contribution in [3.05, 3.63) is 59.3 Å². The van der Waals surface area contributed by atoms with Crippen LogP contribution in [0.25, 0.3) is 0 Å². The highest BCUT2D eigenvalue weighted by Gasteiger charge is 2.19. The normalized spacial score (nSPS) is 16.4. The van der Waals surface area contributed by atoms with Crippen molar-refractivity contribution in [1.29, 1.82) is 0 Å². The average molecular weight is 268 g/mol. The van der Waals surface area contributed by atoms with Crippen molar-refractivity contribution >= 4 is 5.82 Å². The Morgan fingerprint density at radius 1 is 1.15 bits per heavy atom. The van der Waals surface area contributed by atoms with E-state index < -0.39 is 6.10 Å². The minimum Gasteiger partial charge on any atom is -0.389 e. The van der Waals surface area contributed by atoms with Gasteiger partial charge in [-0.3, -0.25) is 0 Å². The number of rotatable bonds is 2. The third-order valence-corrected chi connectivity index (χ3v) is 3.92. The largest absolute Gasteiger partial charge is 0.389 e. The van der Waals surface area contributed by atoms with Crippen molar-refractivity contribution in [2.24, 2.45) is 0 Å². The van der Waals surface area contributed by atoms with Crippen LogP contribution in [-0.2, 0) is 13.0 Å². The fourth-order valence-electron chi connectivity index (χ4n) is 2.88. The third-order valence-electron chi connectivity index (χ3n) is 3.92. The van der Waals surface area contributed by atoms with Crippen molar-refractivity contribution in [2.45, 2.75) is 32.4 Å². The van der Waals surface area contributed by atoms with E-state index in [0.717, 1.165) is 37.3 Å². The molecule has 1 aliphatic heterocycles. The Morgan fingerprint density at radius 2 is 1.95 bits per heavy atom. The number of nitrogens with zero attached hydrogens (tertiary/aromatic N) is 2. The Labute approximate surface area is 119 Å². The van der Waals surface area contributed by atoms with Gasteiger partial charge in [-0.2, -0.15) is 0 Å². The van der Waals surface area contributed by atoms with Crippen LogP contribution in [0, 0.1) is 0 Å². The lowest BCUT2D eigenvalue weighted by Gasteiger charge is -2.25. The number of benzene rings is 1. The zero-order chi connectivity index (χ0) is 13.9. The first kappa shape index (κ1) is 13.1. The van der Waals surface area contributed by atoms with Crippen LogP contribution in [0.2, 0.25) is 0 Å². The van der Waals surface area contributed by atoms with Gasteiger partial charge in [-0.15, -0.1) is 0 Å².